The van der Waals surface area contributed by atoms with Crippen LogP contribution in [0.2, 0.25) is 5.02 Å². The van der Waals surface area contributed by atoms with E-state index in [1.54, 1.807) is 36.1 Å². The second kappa shape index (κ2) is 15.3. The van der Waals surface area contributed by atoms with E-state index in [-0.39, 0.29) is 23.3 Å². The van der Waals surface area contributed by atoms with E-state index in [0.29, 0.717) is 29.4 Å². The fourth-order valence-corrected chi connectivity index (χ4v) is 6.67. The molecule has 228 valence electrons. The smallest absolute Gasteiger partial charge is 0.264 e. The van der Waals surface area contributed by atoms with Gasteiger partial charge in [0, 0.05) is 29.1 Å². The SMILES string of the molecule is CCCCC(CC)C(=O)N(CC)CCOc1ccccc1C(C)N(c1cc(F)ccc1F)S(=O)(=O)c1ccc(Cl)cc1. The number of para-hydroxylation sites is 1. The van der Waals surface area contributed by atoms with Gasteiger partial charge in [-0.15, -0.1) is 0 Å². The number of unbranched alkanes of at least 4 members (excludes halogenated alkanes) is 1. The normalized spacial score (nSPS) is 12.9. The summed E-state index contributed by atoms with van der Waals surface area (Å²) in [5, 5.41) is 0.333. The predicted octanol–water partition coefficient (Wildman–Crippen LogP) is 8.02. The lowest BCUT2D eigenvalue weighted by molar-refractivity contribution is -0.136. The highest BCUT2D eigenvalue weighted by Gasteiger charge is 2.34. The Hall–Kier alpha value is -3.17. The molecule has 2 unspecified atom stereocenters. The maximum atomic E-state index is 15.1. The van der Waals surface area contributed by atoms with Crippen molar-refractivity contribution in [3.63, 3.8) is 0 Å². The van der Waals surface area contributed by atoms with Gasteiger partial charge in [-0.05, 0) is 69.2 Å². The summed E-state index contributed by atoms with van der Waals surface area (Å²) in [7, 11) is -4.38. The van der Waals surface area contributed by atoms with Crippen LogP contribution in [0.25, 0.3) is 0 Å². The van der Waals surface area contributed by atoms with Crippen LogP contribution in [0, 0.1) is 17.6 Å². The average molecular weight is 621 g/mol. The largest absolute Gasteiger partial charge is 0.491 e. The predicted molar refractivity (Wildman–Crippen MR) is 163 cm³/mol. The molecule has 6 nitrogen and oxygen atoms in total. The number of hydrogen-bond donors (Lipinski definition) is 0. The molecule has 0 fully saturated rings. The van der Waals surface area contributed by atoms with Crippen LogP contribution in [0.3, 0.4) is 0 Å². The van der Waals surface area contributed by atoms with E-state index < -0.39 is 33.4 Å². The van der Waals surface area contributed by atoms with Gasteiger partial charge in [-0.25, -0.2) is 17.2 Å². The first kappa shape index (κ1) is 33.3. The Morgan fingerprint density at radius 3 is 2.33 bits per heavy atom. The lowest BCUT2D eigenvalue weighted by Gasteiger charge is -2.32. The van der Waals surface area contributed by atoms with Gasteiger partial charge in [0.2, 0.25) is 5.91 Å². The Morgan fingerprint density at radius 2 is 1.69 bits per heavy atom. The Bertz CT molecular complexity index is 1440. The van der Waals surface area contributed by atoms with Crippen molar-refractivity contribution in [1.29, 1.82) is 0 Å². The molecule has 2 atom stereocenters. The molecule has 10 heteroatoms. The molecule has 3 aromatic rings. The second-order valence-corrected chi connectivity index (χ2v) is 12.3. The van der Waals surface area contributed by atoms with E-state index in [1.807, 2.05) is 13.8 Å². The van der Waals surface area contributed by atoms with Crippen molar-refractivity contribution in [3.8, 4) is 5.75 Å². The minimum Gasteiger partial charge on any atom is -0.491 e. The van der Waals surface area contributed by atoms with Crippen molar-refractivity contribution >= 4 is 33.2 Å². The summed E-state index contributed by atoms with van der Waals surface area (Å²) in [6, 6.07) is 14.0. The topological polar surface area (TPSA) is 66.9 Å². The Morgan fingerprint density at radius 1 is 1.00 bits per heavy atom. The molecule has 3 rings (SSSR count). The lowest BCUT2D eigenvalue weighted by atomic mass is 9.98. The van der Waals surface area contributed by atoms with Gasteiger partial charge in [0.25, 0.3) is 10.0 Å². The third kappa shape index (κ3) is 8.01. The molecule has 0 aliphatic carbocycles. The van der Waals surface area contributed by atoms with Crippen molar-refractivity contribution in [1.82, 2.24) is 4.90 Å². The molecule has 0 aliphatic rings. The molecule has 0 heterocycles. The molecule has 0 saturated heterocycles. The molecule has 0 radical (unpaired) electrons. The molecular weight excluding hydrogens is 582 g/mol. The summed E-state index contributed by atoms with van der Waals surface area (Å²) in [5.41, 5.74) is 0.00940. The zero-order valence-corrected chi connectivity index (χ0v) is 26.1. The fraction of sp³-hybridized carbons (Fsp3) is 0.406. The first-order chi connectivity index (χ1) is 20.0. The number of anilines is 1. The van der Waals surface area contributed by atoms with Crippen LogP contribution >= 0.6 is 11.6 Å². The number of nitrogens with zero attached hydrogens (tertiary/aromatic N) is 2. The Kier molecular flexibility index (Phi) is 12.2. The van der Waals surface area contributed by atoms with Gasteiger partial charge in [0.15, 0.2) is 0 Å². The van der Waals surface area contributed by atoms with Crippen LogP contribution in [0.1, 0.15) is 65.0 Å². The Labute approximate surface area is 253 Å². The number of carbonyl (C=O) groups is 1. The number of sulfonamides is 1. The van der Waals surface area contributed by atoms with Crippen LogP contribution in [-0.4, -0.2) is 38.9 Å². The third-order valence-corrected chi connectivity index (χ3v) is 9.45. The maximum absolute atomic E-state index is 15.1. The summed E-state index contributed by atoms with van der Waals surface area (Å²) >= 11 is 5.97. The van der Waals surface area contributed by atoms with Gasteiger partial charge >= 0.3 is 0 Å². The van der Waals surface area contributed by atoms with E-state index in [4.69, 9.17) is 16.3 Å². The van der Waals surface area contributed by atoms with Gasteiger partial charge in [-0.1, -0.05) is 56.5 Å². The van der Waals surface area contributed by atoms with Crippen molar-refractivity contribution in [2.24, 2.45) is 5.92 Å². The van der Waals surface area contributed by atoms with E-state index in [1.165, 1.54) is 24.3 Å². The van der Waals surface area contributed by atoms with Gasteiger partial charge in [-0.2, -0.15) is 0 Å². The number of ether oxygens (including phenoxy) is 1. The number of carbonyl (C=O) groups excluding carboxylic acids is 1. The number of benzene rings is 3. The zero-order chi connectivity index (χ0) is 30.9. The molecule has 42 heavy (non-hydrogen) atoms. The van der Waals surface area contributed by atoms with E-state index in [9.17, 15) is 17.6 Å². The molecule has 0 N–H and O–H groups in total. The minimum absolute atomic E-state index is 0.0370. The maximum Gasteiger partial charge on any atom is 0.264 e. The van der Waals surface area contributed by atoms with Crippen molar-refractivity contribution < 1.29 is 26.7 Å². The highest BCUT2D eigenvalue weighted by molar-refractivity contribution is 7.92. The van der Waals surface area contributed by atoms with Crippen molar-refractivity contribution in [2.45, 2.75) is 64.3 Å². The van der Waals surface area contributed by atoms with Crippen LogP contribution < -0.4 is 9.04 Å². The summed E-state index contributed by atoms with van der Waals surface area (Å²) in [5.74, 6) is -1.25. The quantitative estimate of drug-likeness (QED) is 0.173. The highest BCUT2D eigenvalue weighted by atomic mass is 35.5. The van der Waals surface area contributed by atoms with E-state index in [2.05, 4.69) is 6.92 Å². The minimum atomic E-state index is -4.38. The molecule has 1 amide bonds. The molecule has 0 spiro atoms. The number of rotatable bonds is 15. The van der Waals surface area contributed by atoms with E-state index >= 15 is 4.39 Å². The van der Waals surface area contributed by atoms with Crippen LogP contribution in [0.4, 0.5) is 14.5 Å². The first-order valence-electron chi connectivity index (χ1n) is 14.3. The van der Waals surface area contributed by atoms with E-state index in [0.717, 1.165) is 48.2 Å². The number of halogens is 3. The molecule has 0 aromatic heterocycles. The van der Waals surface area contributed by atoms with Crippen LogP contribution in [0.15, 0.2) is 71.6 Å². The lowest BCUT2D eigenvalue weighted by Crippen LogP contribution is -2.38. The Balaban J connectivity index is 1.93. The highest BCUT2D eigenvalue weighted by Crippen LogP contribution is 2.38. The summed E-state index contributed by atoms with van der Waals surface area (Å²) in [6.45, 7) is 8.69. The fourth-order valence-electron chi connectivity index (χ4n) is 4.91. The van der Waals surface area contributed by atoms with Gasteiger partial charge in [0.05, 0.1) is 23.2 Å². The van der Waals surface area contributed by atoms with Crippen molar-refractivity contribution in [2.75, 3.05) is 24.0 Å². The number of likely N-dealkylation sites (N-methyl/N-ethyl adjacent to an activating group) is 1. The molecule has 0 aliphatic heterocycles. The monoisotopic (exact) mass is 620 g/mol. The van der Waals surface area contributed by atoms with Crippen LogP contribution in [0.5, 0.6) is 5.75 Å². The zero-order valence-electron chi connectivity index (χ0n) is 24.5. The molecule has 3 aromatic carbocycles. The second-order valence-electron chi connectivity index (χ2n) is 10.1. The summed E-state index contributed by atoms with van der Waals surface area (Å²) < 4.78 is 64.3. The number of amides is 1. The number of hydrogen-bond acceptors (Lipinski definition) is 4. The third-order valence-electron chi connectivity index (χ3n) is 7.30. The molecule has 0 saturated carbocycles. The first-order valence-corrected chi connectivity index (χ1v) is 16.1. The van der Waals surface area contributed by atoms with Crippen LogP contribution in [-0.2, 0) is 14.8 Å². The van der Waals surface area contributed by atoms with Gasteiger partial charge < -0.3 is 9.64 Å². The molecular formula is C32H39ClF2N2O4S. The van der Waals surface area contributed by atoms with Gasteiger partial charge in [0.1, 0.15) is 24.0 Å². The standard InChI is InChI=1S/C32H39ClF2N2O4S/c1-5-8-11-24(6-2)32(38)36(7-3)20-21-41-31-13-10-9-12-28(31)23(4)37(30-22-26(34)16-19-29(30)35)42(39,40)27-17-14-25(33)15-18-27/h9-10,12-19,22-24H,5-8,11,20-21H2,1-4H3. The molecule has 0 bridgehead atoms. The average Bonchev–Trinajstić information content (AvgIpc) is 2.97. The summed E-state index contributed by atoms with van der Waals surface area (Å²) in [6.07, 6.45) is 3.63. The summed E-state index contributed by atoms with van der Waals surface area (Å²) in [4.78, 5) is 14.8. The van der Waals surface area contributed by atoms with Gasteiger partial charge in [-0.3, -0.25) is 9.10 Å². The van der Waals surface area contributed by atoms with Crippen molar-refractivity contribution in [3.05, 3.63) is 89.0 Å².